The molecule has 0 saturated carbocycles. The highest BCUT2D eigenvalue weighted by atomic mass is 35.5. The van der Waals surface area contributed by atoms with Crippen LogP contribution in [-0.4, -0.2) is 22.6 Å². The van der Waals surface area contributed by atoms with Crippen LogP contribution in [0.4, 0.5) is 10.5 Å². The summed E-state index contributed by atoms with van der Waals surface area (Å²) in [5.41, 5.74) is 0.135. The van der Waals surface area contributed by atoms with E-state index in [0.29, 0.717) is 23.6 Å². The summed E-state index contributed by atoms with van der Waals surface area (Å²) in [5, 5.41) is 14.8. The lowest BCUT2D eigenvalue weighted by atomic mass is 9.93. The molecule has 6 heteroatoms. The van der Waals surface area contributed by atoms with Crippen LogP contribution in [0.15, 0.2) is 18.2 Å². The van der Waals surface area contributed by atoms with E-state index >= 15 is 0 Å². The molecule has 0 radical (unpaired) electrons. The molecule has 5 nitrogen and oxygen atoms in total. The maximum absolute atomic E-state index is 12.0. The van der Waals surface area contributed by atoms with Gasteiger partial charge in [-0.05, 0) is 37.5 Å². The number of carboxylic acids is 1. The number of urea groups is 1. The zero-order valence-electron chi connectivity index (χ0n) is 11.8. The normalized spacial score (nSPS) is 11.0. The Kier molecular flexibility index (Phi) is 5.39. The molecule has 20 heavy (non-hydrogen) atoms. The van der Waals surface area contributed by atoms with Crippen LogP contribution in [-0.2, 0) is 4.79 Å². The molecule has 0 aliphatic carbocycles. The van der Waals surface area contributed by atoms with Crippen molar-refractivity contribution >= 4 is 29.3 Å². The van der Waals surface area contributed by atoms with Crippen LogP contribution in [0.3, 0.4) is 0 Å². The molecule has 0 saturated heterocycles. The molecular formula is C14H19ClN2O3. The van der Waals surface area contributed by atoms with Gasteiger partial charge in [0.1, 0.15) is 5.54 Å². The second-order valence-corrected chi connectivity index (χ2v) is 5.06. The van der Waals surface area contributed by atoms with Gasteiger partial charge in [-0.15, -0.1) is 0 Å². The largest absolute Gasteiger partial charge is 0.480 e. The average molecular weight is 299 g/mol. The first-order chi connectivity index (χ1) is 9.34. The predicted octanol–water partition coefficient (Wildman–Crippen LogP) is 3.41. The van der Waals surface area contributed by atoms with Crippen LogP contribution in [0.1, 0.15) is 32.3 Å². The summed E-state index contributed by atoms with van der Waals surface area (Å²) in [5.74, 6) is -1.05. The Balaban J connectivity index is 2.86. The van der Waals surface area contributed by atoms with Crippen molar-refractivity contribution in [3.63, 3.8) is 0 Å². The van der Waals surface area contributed by atoms with Gasteiger partial charge < -0.3 is 15.7 Å². The Morgan fingerprint density at radius 2 is 1.90 bits per heavy atom. The molecule has 1 aromatic carbocycles. The Hall–Kier alpha value is -1.75. The predicted molar refractivity (Wildman–Crippen MR) is 79.3 cm³/mol. The maximum atomic E-state index is 12.0. The van der Waals surface area contributed by atoms with Crippen molar-refractivity contribution in [3.05, 3.63) is 28.8 Å². The monoisotopic (exact) mass is 298 g/mol. The number of aliphatic carboxylic acids is 1. The SMILES string of the molecule is CCC(CC)(NC(=O)Nc1cc(C)ccc1Cl)C(=O)O. The van der Waals surface area contributed by atoms with Gasteiger partial charge in [0.15, 0.2) is 0 Å². The van der Waals surface area contributed by atoms with E-state index in [2.05, 4.69) is 10.6 Å². The van der Waals surface area contributed by atoms with E-state index in [-0.39, 0.29) is 0 Å². The van der Waals surface area contributed by atoms with Crippen LogP contribution < -0.4 is 10.6 Å². The van der Waals surface area contributed by atoms with Gasteiger partial charge in [0.2, 0.25) is 0 Å². The van der Waals surface area contributed by atoms with E-state index in [4.69, 9.17) is 11.6 Å². The van der Waals surface area contributed by atoms with Gasteiger partial charge in [0, 0.05) is 0 Å². The highest BCUT2D eigenvalue weighted by molar-refractivity contribution is 6.33. The van der Waals surface area contributed by atoms with E-state index in [1.807, 2.05) is 13.0 Å². The minimum Gasteiger partial charge on any atom is -0.480 e. The number of carbonyl (C=O) groups excluding carboxylic acids is 1. The maximum Gasteiger partial charge on any atom is 0.329 e. The summed E-state index contributed by atoms with van der Waals surface area (Å²) in [7, 11) is 0. The molecule has 1 aromatic rings. The lowest BCUT2D eigenvalue weighted by Gasteiger charge is -2.28. The lowest BCUT2D eigenvalue weighted by Crippen LogP contribution is -2.55. The zero-order valence-corrected chi connectivity index (χ0v) is 12.5. The number of hydrogen-bond acceptors (Lipinski definition) is 2. The van der Waals surface area contributed by atoms with E-state index in [1.165, 1.54) is 0 Å². The Bertz CT molecular complexity index is 513. The highest BCUT2D eigenvalue weighted by Gasteiger charge is 2.36. The molecule has 0 aromatic heterocycles. The Morgan fingerprint density at radius 3 is 2.40 bits per heavy atom. The number of anilines is 1. The van der Waals surface area contributed by atoms with Crippen molar-refractivity contribution in [1.82, 2.24) is 5.32 Å². The summed E-state index contributed by atoms with van der Waals surface area (Å²) in [4.78, 5) is 23.3. The fourth-order valence-electron chi connectivity index (χ4n) is 1.89. The number of hydrogen-bond donors (Lipinski definition) is 3. The molecule has 1 rings (SSSR count). The third kappa shape index (κ3) is 3.63. The third-order valence-corrected chi connectivity index (χ3v) is 3.67. The van der Waals surface area contributed by atoms with Gasteiger partial charge in [0.05, 0.1) is 10.7 Å². The van der Waals surface area contributed by atoms with Gasteiger partial charge >= 0.3 is 12.0 Å². The molecule has 0 heterocycles. The first-order valence-electron chi connectivity index (χ1n) is 6.43. The minimum atomic E-state index is -1.26. The zero-order chi connectivity index (χ0) is 15.3. The van der Waals surface area contributed by atoms with E-state index in [9.17, 15) is 14.7 Å². The first-order valence-corrected chi connectivity index (χ1v) is 6.81. The number of carboxylic acid groups (broad SMARTS) is 1. The molecule has 0 unspecified atom stereocenters. The van der Waals surface area contributed by atoms with Crippen molar-refractivity contribution in [1.29, 1.82) is 0 Å². The van der Waals surface area contributed by atoms with E-state index in [0.717, 1.165) is 5.56 Å². The molecule has 0 aliphatic heterocycles. The quantitative estimate of drug-likeness (QED) is 0.779. The number of amides is 2. The van der Waals surface area contributed by atoms with Gasteiger partial charge in [-0.2, -0.15) is 0 Å². The molecule has 0 atom stereocenters. The Morgan fingerprint density at radius 1 is 1.30 bits per heavy atom. The van der Waals surface area contributed by atoms with Gasteiger partial charge in [-0.25, -0.2) is 9.59 Å². The van der Waals surface area contributed by atoms with Crippen LogP contribution in [0.5, 0.6) is 0 Å². The van der Waals surface area contributed by atoms with Crippen LogP contribution in [0, 0.1) is 6.92 Å². The van der Waals surface area contributed by atoms with Gasteiger partial charge in [-0.3, -0.25) is 0 Å². The number of nitrogens with one attached hydrogen (secondary N) is 2. The number of benzene rings is 1. The fourth-order valence-corrected chi connectivity index (χ4v) is 2.05. The molecule has 0 aliphatic rings. The molecule has 0 spiro atoms. The number of carbonyl (C=O) groups is 2. The molecule has 0 bridgehead atoms. The molecule has 0 fully saturated rings. The summed E-state index contributed by atoms with van der Waals surface area (Å²) in [6.07, 6.45) is 0.599. The molecular weight excluding hydrogens is 280 g/mol. The molecule has 110 valence electrons. The number of halogens is 1. The standard InChI is InChI=1S/C14H19ClN2O3/c1-4-14(5-2,12(18)19)17-13(20)16-11-8-9(3)6-7-10(11)15/h6-8H,4-5H2,1-3H3,(H,18,19)(H2,16,17,20). The van der Waals surface area contributed by atoms with E-state index < -0.39 is 17.5 Å². The average Bonchev–Trinajstić information content (AvgIpc) is 2.40. The third-order valence-electron chi connectivity index (χ3n) is 3.34. The summed E-state index contributed by atoms with van der Waals surface area (Å²) < 4.78 is 0. The van der Waals surface area contributed by atoms with Crippen molar-refractivity contribution in [2.24, 2.45) is 0 Å². The van der Waals surface area contributed by atoms with Crippen LogP contribution in [0.25, 0.3) is 0 Å². The topological polar surface area (TPSA) is 78.4 Å². The smallest absolute Gasteiger partial charge is 0.329 e. The van der Waals surface area contributed by atoms with E-state index in [1.54, 1.807) is 26.0 Å². The van der Waals surface area contributed by atoms with Crippen molar-refractivity contribution in [2.45, 2.75) is 39.2 Å². The molecule has 2 amide bonds. The number of rotatable bonds is 5. The second-order valence-electron chi connectivity index (χ2n) is 4.66. The minimum absolute atomic E-state index is 0.299. The van der Waals surface area contributed by atoms with Crippen LogP contribution in [0.2, 0.25) is 5.02 Å². The van der Waals surface area contributed by atoms with Gasteiger partial charge in [-0.1, -0.05) is 31.5 Å². The summed E-state index contributed by atoms with van der Waals surface area (Å²) >= 11 is 5.98. The Labute approximate surface area is 123 Å². The molecule has 3 N–H and O–H groups in total. The summed E-state index contributed by atoms with van der Waals surface area (Å²) in [6.45, 7) is 5.31. The van der Waals surface area contributed by atoms with Crippen molar-refractivity contribution in [2.75, 3.05) is 5.32 Å². The van der Waals surface area contributed by atoms with Gasteiger partial charge in [0.25, 0.3) is 0 Å². The van der Waals surface area contributed by atoms with Crippen molar-refractivity contribution < 1.29 is 14.7 Å². The second kappa shape index (κ2) is 6.61. The fraction of sp³-hybridized carbons (Fsp3) is 0.429. The highest BCUT2D eigenvalue weighted by Crippen LogP contribution is 2.23. The van der Waals surface area contributed by atoms with Crippen LogP contribution >= 0.6 is 11.6 Å². The number of aryl methyl sites for hydroxylation is 1. The van der Waals surface area contributed by atoms with Crippen molar-refractivity contribution in [3.8, 4) is 0 Å². The first kappa shape index (κ1) is 16.3. The lowest BCUT2D eigenvalue weighted by molar-refractivity contribution is -0.144. The summed E-state index contributed by atoms with van der Waals surface area (Å²) in [6, 6.07) is 4.65.